The quantitative estimate of drug-likeness (QED) is 0.665. The van der Waals surface area contributed by atoms with Gasteiger partial charge in [0.2, 0.25) is 5.91 Å². The van der Waals surface area contributed by atoms with Gasteiger partial charge in [-0.05, 0) is 25.5 Å². The SMILES string of the molecule is Cc1ccc(OCCC(=O)N[C@@H](CCO)C(=O)O)c(C)c1. The lowest BCUT2D eigenvalue weighted by atomic mass is 10.1. The fourth-order valence-electron chi connectivity index (χ4n) is 1.87. The number of hydrogen-bond donors (Lipinski definition) is 3. The number of carbonyl (C=O) groups excluding carboxylic acids is 1. The minimum Gasteiger partial charge on any atom is -0.493 e. The predicted molar refractivity (Wildman–Crippen MR) is 77.3 cm³/mol. The molecule has 21 heavy (non-hydrogen) atoms. The van der Waals surface area contributed by atoms with Crippen LogP contribution in [0, 0.1) is 13.8 Å². The van der Waals surface area contributed by atoms with Gasteiger partial charge in [-0.2, -0.15) is 0 Å². The summed E-state index contributed by atoms with van der Waals surface area (Å²) >= 11 is 0. The number of carboxylic acids is 1. The van der Waals surface area contributed by atoms with Crippen LogP contribution in [0.15, 0.2) is 18.2 Å². The first-order valence-corrected chi connectivity index (χ1v) is 6.77. The van der Waals surface area contributed by atoms with Crippen LogP contribution in [0.2, 0.25) is 0 Å². The summed E-state index contributed by atoms with van der Waals surface area (Å²) in [6.07, 6.45) is 0.0432. The van der Waals surface area contributed by atoms with Crippen molar-refractivity contribution in [2.75, 3.05) is 13.2 Å². The maximum Gasteiger partial charge on any atom is 0.326 e. The third-order valence-electron chi connectivity index (χ3n) is 2.97. The number of hydrogen-bond acceptors (Lipinski definition) is 4. The van der Waals surface area contributed by atoms with Gasteiger partial charge in [-0.1, -0.05) is 17.7 Å². The van der Waals surface area contributed by atoms with Gasteiger partial charge in [-0.15, -0.1) is 0 Å². The van der Waals surface area contributed by atoms with Crippen molar-refractivity contribution in [3.63, 3.8) is 0 Å². The molecular formula is C15H21NO5. The smallest absolute Gasteiger partial charge is 0.326 e. The predicted octanol–water partition coefficient (Wildman–Crippen LogP) is 1.02. The lowest BCUT2D eigenvalue weighted by molar-refractivity contribution is -0.142. The molecule has 0 aliphatic rings. The number of ether oxygens (including phenoxy) is 1. The number of carboxylic acid groups (broad SMARTS) is 1. The van der Waals surface area contributed by atoms with Crippen LogP contribution in [-0.2, 0) is 9.59 Å². The van der Waals surface area contributed by atoms with Gasteiger partial charge in [0.25, 0.3) is 0 Å². The molecule has 116 valence electrons. The molecule has 1 atom stereocenters. The Morgan fingerprint density at radius 1 is 1.33 bits per heavy atom. The summed E-state index contributed by atoms with van der Waals surface area (Å²) in [7, 11) is 0. The lowest BCUT2D eigenvalue weighted by Gasteiger charge is -2.14. The van der Waals surface area contributed by atoms with Gasteiger partial charge < -0.3 is 20.3 Å². The molecule has 0 unspecified atom stereocenters. The van der Waals surface area contributed by atoms with Crippen LogP contribution >= 0.6 is 0 Å². The zero-order valence-corrected chi connectivity index (χ0v) is 12.3. The number of aliphatic hydroxyl groups excluding tert-OH is 1. The second kappa shape index (κ2) is 8.26. The number of carbonyl (C=O) groups is 2. The molecule has 0 bridgehead atoms. The highest BCUT2D eigenvalue weighted by Gasteiger charge is 2.18. The first kappa shape index (κ1) is 17.0. The average molecular weight is 295 g/mol. The number of amides is 1. The van der Waals surface area contributed by atoms with Gasteiger partial charge in [0.15, 0.2) is 0 Å². The van der Waals surface area contributed by atoms with Crippen LogP contribution < -0.4 is 10.1 Å². The Kier molecular flexibility index (Phi) is 6.68. The fraction of sp³-hybridized carbons (Fsp3) is 0.467. The molecule has 6 heteroatoms. The Morgan fingerprint density at radius 2 is 2.05 bits per heavy atom. The Hall–Kier alpha value is -2.08. The summed E-state index contributed by atoms with van der Waals surface area (Å²) in [5.41, 5.74) is 2.12. The Morgan fingerprint density at radius 3 is 2.62 bits per heavy atom. The second-order valence-electron chi connectivity index (χ2n) is 4.84. The fourth-order valence-corrected chi connectivity index (χ4v) is 1.87. The largest absolute Gasteiger partial charge is 0.493 e. The number of benzene rings is 1. The van der Waals surface area contributed by atoms with Crippen molar-refractivity contribution in [2.24, 2.45) is 0 Å². The van der Waals surface area contributed by atoms with Crippen LogP contribution in [0.5, 0.6) is 5.75 Å². The standard InChI is InChI=1S/C15H21NO5/c1-10-3-4-13(11(2)9-10)21-8-6-14(18)16-12(5-7-17)15(19)20/h3-4,9,12,17H,5-8H2,1-2H3,(H,16,18)(H,19,20)/t12-/m0/s1. The summed E-state index contributed by atoms with van der Waals surface area (Å²) in [6, 6.07) is 4.68. The number of rotatable bonds is 8. The molecule has 0 saturated carbocycles. The van der Waals surface area contributed by atoms with Crippen LogP contribution in [0.25, 0.3) is 0 Å². The molecule has 1 amide bonds. The van der Waals surface area contributed by atoms with E-state index < -0.39 is 17.9 Å². The number of nitrogens with one attached hydrogen (secondary N) is 1. The molecule has 0 radical (unpaired) electrons. The van der Waals surface area contributed by atoms with Gasteiger partial charge in [-0.25, -0.2) is 4.79 Å². The Bertz CT molecular complexity index is 501. The zero-order valence-electron chi connectivity index (χ0n) is 12.3. The summed E-state index contributed by atoms with van der Waals surface area (Å²) in [4.78, 5) is 22.5. The van der Waals surface area contributed by atoms with Crippen molar-refractivity contribution in [2.45, 2.75) is 32.7 Å². The lowest BCUT2D eigenvalue weighted by Crippen LogP contribution is -2.41. The van der Waals surface area contributed by atoms with Crippen molar-refractivity contribution in [3.05, 3.63) is 29.3 Å². The molecule has 3 N–H and O–H groups in total. The molecular weight excluding hydrogens is 274 g/mol. The van der Waals surface area contributed by atoms with E-state index in [4.69, 9.17) is 14.9 Å². The number of aryl methyl sites for hydroxylation is 2. The van der Waals surface area contributed by atoms with E-state index in [1.54, 1.807) is 0 Å². The number of aliphatic carboxylic acids is 1. The minimum absolute atomic E-state index is 0.0149. The molecule has 0 spiro atoms. The topological polar surface area (TPSA) is 95.9 Å². The van der Waals surface area contributed by atoms with Crippen LogP contribution in [0.1, 0.15) is 24.0 Å². The Balaban J connectivity index is 2.41. The molecule has 0 aliphatic carbocycles. The van der Waals surface area contributed by atoms with Gasteiger partial charge in [0.1, 0.15) is 11.8 Å². The molecule has 0 saturated heterocycles. The molecule has 1 rings (SSSR count). The van der Waals surface area contributed by atoms with Crippen molar-refractivity contribution >= 4 is 11.9 Å². The van der Waals surface area contributed by atoms with E-state index in [0.29, 0.717) is 5.75 Å². The van der Waals surface area contributed by atoms with E-state index in [1.807, 2.05) is 32.0 Å². The van der Waals surface area contributed by atoms with Gasteiger partial charge in [0, 0.05) is 13.0 Å². The first-order valence-electron chi connectivity index (χ1n) is 6.77. The summed E-state index contributed by atoms with van der Waals surface area (Å²) in [5.74, 6) is -0.869. The Labute approximate surface area is 123 Å². The maximum absolute atomic E-state index is 11.6. The highest BCUT2D eigenvalue weighted by atomic mass is 16.5. The minimum atomic E-state index is -1.16. The number of aliphatic hydroxyl groups is 1. The normalized spacial score (nSPS) is 11.8. The van der Waals surface area contributed by atoms with Crippen molar-refractivity contribution in [3.8, 4) is 5.75 Å². The molecule has 0 aliphatic heterocycles. The molecule has 0 aromatic heterocycles. The molecule has 1 aromatic rings. The van der Waals surface area contributed by atoms with Gasteiger partial charge in [-0.3, -0.25) is 4.79 Å². The van der Waals surface area contributed by atoms with Crippen molar-refractivity contribution < 1.29 is 24.5 Å². The van der Waals surface area contributed by atoms with Crippen LogP contribution in [0.3, 0.4) is 0 Å². The van der Waals surface area contributed by atoms with Crippen LogP contribution in [-0.4, -0.2) is 41.3 Å². The summed E-state index contributed by atoms with van der Waals surface area (Å²) < 4.78 is 5.51. The van der Waals surface area contributed by atoms with E-state index in [9.17, 15) is 9.59 Å². The van der Waals surface area contributed by atoms with E-state index in [1.165, 1.54) is 0 Å². The molecule has 0 heterocycles. The van der Waals surface area contributed by atoms with Gasteiger partial charge in [0.05, 0.1) is 13.0 Å². The van der Waals surface area contributed by atoms with Crippen molar-refractivity contribution in [1.29, 1.82) is 0 Å². The third-order valence-corrected chi connectivity index (χ3v) is 2.97. The molecule has 6 nitrogen and oxygen atoms in total. The average Bonchev–Trinajstić information content (AvgIpc) is 2.40. The van der Waals surface area contributed by atoms with E-state index >= 15 is 0 Å². The molecule has 0 fully saturated rings. The highest BCUT2D eigenvalue weighted by molar-refractivity contribution is 5.83. The highest BCUT2D eigenvalue weighted by Crippen LogP contribution is 2.18. The third kappa shape index (κ3) is 5.83. The maximum atomic E-state index is 11.6. The summed E-state index contributed by atoms with van der Waals surface area (Å²) in [5, 5.41) is 19.9. The first-order chi connectivity index (χ1) is 9.93. The van der Waals surface area contributed by atoms with E-state index in [0.717, 1.165) is 11.1 Å². The van der Waals surface area contributed by atoms with Crippen LogP contribution in [0.4, 0.5) is 0 Å². The van der Waals surface area contributed by atoms with E-state index in [-0.39, 0.29) is 26.1 Å². The zero-order chi connectivity index (χ0) is 15.8. The monoisotopic (exact) mass is 295 g/mol. The van der Waals surface area contributed by atoms with Gasteiger partial charge >= 0.3 is 5.97 Å². The van der Waals surface area contributed by atoms with Crippen molar-refractivity contribution in [1.82, 2.24) is 5.32 Å². The van der Waals surface area contributed by atoms with E-state index in [2.05, 4.69) is 5.32 Å². The second-order valence-corrected chi connectivity index (χ2v) is 4.84. The summed E-state index contributed by atoms with van der Waals surface area (Å²) in [6.45, 7) is 3.78. The molecule has 1 aromatic carbocycles.